The van der Waals surface area contributed by atoms with Crippen LogP contribution in [-0.2, 0) is 17.1 Å². The van der Waals surface area contributed by atoms with E-state index in [9.17, 15) is 0 Å². The van der Waals surface area contributed by atoms with E-state index in [0.717, 1.165) is 0 Å². The molecule has 0 N–H and O–H groups in total. The molecule has 0 spiro atoms. The molecule has 0 amide bonds. The van der Waals surface area contributed by atoms with E-state index in [2.05, 4.69) is 104 Å². The molecule has 4 aromatic carbocycles. The van der Waals surface area contributed by atoms with Crippen LogP contribution in [0.3, 0.4) is 0 Å². The van der Waals surface area contributed by atoms with Crippen LogP contribution in [0.1, 0.15) is 5.56 Å². The van der Waals surface area contributed by atoms with Crippen molar-refractivity contribution in [1.29, 1.82) is 0 Å². The van der Waals surface area contributed by atoms with Crippen LogP contribution in [-0.4, -0.2) is 0 Å². The van der Waals surface area contributed by atoms with E-state index in [1.165, 1.54) is 21.5 Å². The molecular formula is C23H21FeP-6. The van der Waals surface area contributed by atoms with Gasteiger partial charge in [-0.25, -0.2) is 20.1 Å². The molecule has 0 saturated heterocycles. The summed E-state index contributed by atoms with van der Waals surface area (Å²) in [4.78, 5) is 0. The van der Waals surface area contributed by atoms with Crippen LogP contribution in [0.2, 0.25) is 0 Å². The molecule has 132 valence electrons. The van der Waals surface area contributed by atoms with Gasteiger partial charge in [0.2, 0.25) is 0 Å². The summed E-state index contributed by atoms with van der Waals surface area (Å²) in [5.74, 6) is 0. The minimum absolute atomic E-state index is 0. The molecule has 0 fully saturated rings. The first-order valence-corrected chi connectivity index (χ1v) is 9.49. The fourth-order valence-corrected chi connectivity index (χ4v) is 4.89. The van der Waals surface area contributed by atoms with Crippen molar-refractivity contribution in [2.45, 2.75) is 6.92 Å². The predicted octanol–water partition coefficient (Wildman–Crippen LogP) is 4.88. The maximum atomic E-state index is 2.23. The Bertz CT molecular complexity index is 764. The van der Waals surface area contributed by atoms with Crippen LogP contribution >= 0.6 is 7.92 Å². The van der Waals surface area contributed by atoms with Gasteiger partial charge in [-0.1, -0.05) is 78.2 Å². The number of hydrogen-bond acceptors (Lipinski definition) is 0. The molecule has 4 aromatic rings. The smallest absolute Gasteiger partial charge is 0 e. The maximum absolute atomic E-state index is 2.23. The Labute approximate surface area is 162 Å². The second-order valence-corrected chi connectivity index (χ2v) is 7.83. The Hall–Kier alpha value is -1.91. The fraction of sp³-hybridized carbons (Fsp3) is 0.0435. The van der Waals surface area contributed by atoms with Gasteiger partial charge in [0, 0.05) is 17.1 Å². The predicted molar refractivity (Wildman–Crippen MR) is 108 cm³/mol. The zero-order chi connectivity index (χ0) is 16.6. The second kappa shape index (κ2) is 10.2. The van der Waals surface area contributed by atoms with Crippen molar-refractivity contribution in [2.75, 3.05) is 0 Å². The Balaban J connectivity index is 0.000000275. The third-order valence-corrected chi connectivity index (χ3v) is 6.21. The van der Waals surface area contributed by atoms with Crippen LogP contribution in [0.25, 0.3) is 0 Å². The number of hydrogen-bond donors (Lipinski definition) is 0. The van der Waals surface area contributed by atoms with E-state index in [0.29, 0.717) is 0 Å². The summed E-state index contributed by atoms with van der Waals surface area (Å²) in [6.45, 7) is 2.08. The molecule has 2 heteroatoms. The Morgan fingerprint density at radius 2 is 1.12 bits per heavy atom. The Kier molecular flexibility index (Phi) is 7.89. The first kappa shape index (κ1) is 19.4. The first-order chi connectivity index (χ1) is 11.8. The van der Waals surface area contributed by atoms with Gasteiger partial charge < -0.3 is 29.6 Å². The van der Waals surface area contributed by atoms with E-state index in [4.69, 9.17) is 0 Å². The van der Waals surface area contributed by atoms with Crippen LogP contribution in [0.5, 0.6) is 0 Å². The molecule has 0 aliphatic rings. The number of benzene rings is 2. The summed E-state index contributed by atoms with van der Waals surface area (Å²) in [5, 5.41) is 4.23. The van der Waals surface area contributed by atoms with Crippen molar-refractivity contribution in [3.05, 3.63) is 115 Å². The molecule has 0 aliphatic heterocycles. The second-order valence-electron chi connectivity index (χ2n) is 5.61. The topological polar surface area (TPSA) is 0 Å². The molecule has 4 rings (SSSR count). The van der Waals surface area contributed by atoms with Gasteiger partial charge >= 0.3 is 0 Å². The van der Waals surface area contributed by atoms with E-state index >= 15 is 0 Å². The summed E-state index contributed by atoms with van der Waals surface area (Å²) in [7, 11) is -0.409. The third kappa shape index (κ3) is 5.55. The van der Waals surface area contributed by atoms with Gasteiger partial charge in [-0.2, -0.15) is 17.7 Å². The molecule has 0 radical (unpaired) electrons. The van der Waals surface area contributed by atoms with Crippen molar-refractivity contribution in [1.82, 2.24) is 0 Å². The van der Waals surface area contributed by atoms with Gasteiger partial charge in [-0.3, -0.25) is 0 Å². The zero-order valence-corrected chi connectivity index (χ0v) is 16.2. The van der Waals surface area contributed by atoms with Crippen molar-refractivity contribution in [2.24, 2.45) is 0 Å². The quantitative estimate of drug-likeness (QED) is 0.269. The van der Waals surface area contributed by atoms with Crippen LogP contribution in [0.4, 0.5) is 0 Å². The van der Waals surface area contributed by atoms with E-state index in [1.807, 2.05) is 12.1 Å². The molecule has 0 aromatic heterocycles. The number of aryl methyl sites for hydroxylation is 1. The van der Waals surface area contributed by atoms with Crippen molar-refractivity contribution < 1.29 is 17.1 Å². The normalized spacial score (nSPS) is 9.84. The van der Waals surface area contributed by atoms with E-state index in [1.54, 1.807) is 0 Å². The van der Waals surface area contributed by atoms with Crippen molar-refractivity contribution >= 4 is 23.8 Å². The van der Waals surface area contributed by atoms with Gasteiger partial charge in [0.1, 0.15) is 0 Å². The van der Waals surface area contributed by atoms with Crippen LogP contribution in [0.15, 0.2) is 109 Å². The average molecular weight is 384 g/mol. The monoisotopic (exact) mass is 384 g/mol. The molecule has 0 aliphatic carbocycles. The van der Waals surface area contributed by atoms with E-state index < -0.39 is 7.92 Å². The molecule has 0 nitrogen and oxygen atoms in total. The summed E-state index contributed by atoms with van der Waals surface area (Å²) in [6.07, 6.45) is 0. The van der Waals surface area contributed by atoms with Crippen molar-refractivity contribution in [3.8, 4) is 0 Å². The van der Waals surface area contributed by atoms with Gasteiger partial charge in [0.05, 0.1) is 0 Å². The molecule has 0 heterocycles. The standard InChI is InChI=1S/C17H14P.C6H7.Fe/c1-3-9-15(10-4-1)18(17-13-7-8-14-17)16-11-5-2-6-12-16;1-6-4-2-3-5-6;/h1-14H;2-5H,1H3;/q-5;-1;. The molecule has 0 bridgehead atoms. The minimum atomic E-state index is -0.409. The molecule has 0 unspecified atom stereocenters. The molecule has 0 atom stereocenters. The minimum Gasteiger partial charge on any atom is -0.747 e. The Morgan fingerprint density at radius 1 is 0.680 bits per heavy atom. The van der Waals surface area contributed by atoms with Gasteiger partial charge in [-0.05, 0) is 0 Å². The summed E-state index contributed by atoms with van der Waals surface area (Å²) < 4.78 is 0. The first-order valence-electron chi connectivity index (χ1n) is 8.15. The maximum Gasteiger partial charge on any atom is 0 e. The van der Waals surface area contributed by atoms with Gasteiger partial charge in [0.15, 0.2) is 0 Å². The molecule has 25 heavy (non-hydrogen) atoms. The average Bonchev–Trinajstić information content (AvgIpc) is 3.32. The zero-order valence-electron chi connectivity index (χ0n) is 14.2. The van der Waals surface area contributed by atoms with Gasteiger partial charge in [-0.15, -0.1) is 0 Å². The summed E-state index contributed by atoms with van der Waals surface area (Å²) in [5.41, 5.74) is 1.34. The largest absolute Gasteiger partial charge is 0.747 e. The summed E-state index contributed by atoms with van der Waals surface area (Å²) in [6, 6.07) is 38.5. The number of rotatable bonds is 3. The van der Waals surface area contributed by atoms with Gasteiger partial charge in [0.25, 0.3) is 0 Å². The SMILES string of the molecule is C[c-]1cccc1.[Fe].c1ccc(P(c2ccccc2)[c-]2[cH-][cH-][cH-][cH-]2)cc1. The third-order valence-electron chi connectivity index (χ3n) is 3.76. The van der Waals surface area contributed by atoms with E-state index in [-0.39, 0.29) is 17.1 Å². The van der Waals surface area contributed by atoms with Crippen LogP contribution in [0, 0.1) is 6.92 Å². The molecular weight excluding hydrogens is 363 g/mol. The van der Waals surface area contributed by atoms with Crippen molar-refractivity contribution in [3.63, 3.8) is 0 Å². The fourth-order valence-electron chi connectivity index (χ4n) is 2.58. The Morgan fingerprint density at radius 3 is 1.48 bits per heavy atom. The molecule has 0 saturated carbocycles. The van der Waals surface area contributed by atoms with Crippen LogP contribution < -0.4 is 15.9 Å². The summed E-state index contributed by atoms with van der Waals surface area (Å²) >= 11 is 0.